The molecule has 3 rings (SSSR count). The van der Waals surface area contributed by atoms with Crippen LogP contribution in [0.15, 0.2) is 34.8 Å². The molecule has 25 heavy (non-hydrogen) atoms. The summed E-state index contributed by atoms with van der Waals surface area (Å²) in [6, 6.07) is 7.19. The largest absolute Gasteiger partial charge is 0.494 e. The van der Waals surface area contributed by atoms with Gasteiger partial charge in [-0.15, -0.1) is 11.3 Å². The predicted molar refractivity (Wildman–Crippen MR) is 99.5 cm³/mol. The molecular formula is C16H16N4O3S2. The van der Waals surface area contributed by atoms with Crippen molar-refractivity contribution in [2.24, 2.45) is 5.73 Å². The molecule has 0 saturated carbocycles. The number of imidazole rings is 1. The quantitative estimate of drug-likeness (QED) is 0.549. The number of nitrogens with one attached hydrogen (secondary N) is 2. The molecule has 0 bridgehead atoms. The monoisotopic (exact) mass is 376 g/mol. The van der Waals surface area contributed by atoms with E-state index in [2.05, 4.69) is 15.3 Å². The smallest absolute Gasteiger partial charge is 0.251 e. The van der Waals surface area contributed by atoms with E-state index in [0.717, 1.165) is 16.8 Å². The highest BCUT2D eigenvalue weighted by Crippen LogP contribution is 2.25. The van der Waals surface area contributed by atoms with Crippen molar-refractivity contribution in [3.63, 3.8) is 0 Å². The van der Waals surface area contributed by atoms with Gasteiger partial charge in [0.05, 0.1) is 29.0 Å². The van der Waals surface area contributed by atoms with Gasteiger partial charge in [-0.05, 0) is 30.5 Å². The number of hydrogen-bond donors (Lipinski definition) is 3. The normalized spacial score (nSPS) is 10.8. The van der Waals surface area contributed by atoms with E-state index < -0.39 is 5.91 Å². The highest BCUT2D eigenvalue weighted by Gasteiger charge is 2.13. The Morgan fingerprint density at radius 2 is 2.24 bits per heavy atom. The van der Waals surface area contributed by atoms with E-state index in [1.54, 1.807) is 11.4 Å². The molecule has 0 unspecified atom stereocenters. The third-order valence-corrected chi connectivity index (χ3v) is 4.97. The summed E-state index contributed by atoms with van der Waals surface area (Å²) >= 11 is 2.54. The minimum atomic E-state index is -0.563. The lowest BCUT2D eigenvalue weighted by Crippen LogP contribution is -2.17. The fraction of sp³-hybridized carbons (Fsp3) is 0.188. The first kappa shape index (κ1) is 17.3. The van der Waals surface area contributed by atoms with Gasteiger partial charge in [0, 0.05) is 6.07 Å². The number of aromatic nitrogens is 2. The van der Waals surface area contributed by atoms with Crippen molar-refractivity contribution in [1.82, 2.24) is 9.97 Å². The van der Waals surface area contributed by atoms with Crippen LogP contribution in [0.5, 0.6) is 5.75 Å². The van der Waals surface area contributed by atoms with E-state index in [1.807, 2.05) is 25.1 Å². The summed E-state index contributed by atoms with van der Waals surface area (Å²) < 4.78 is 5.46. The van der Waals surface area contributed by atoms with Crippen molar-refractivity contribution in [3.05, 3.63) is 35.2 Å². The number of hydrogen-bond acceptors (Lipinski definition) is 6. The molecule has 2 aromatic heterocycles. The third-order valence-electron chi connectivity index (χ3n) is 3.27. The highest BCUT2D eigenvalue weighted by molar-refractivity contribution is 7.99. The van der Waals surface area contributed by atoms with Crippen LogP contribution in [0.3, 0.4) is 0 Å². The summed E-state index contributed by atoms with van der Waals surface area (Å²) in [5.41, 5.74) is 7.23. The van der Waals surface area contributed by atoms with Crippen LogP contribution in [0.25, 0.3) is 11.0 Å². The fourth-order valence-electron chi connectivity index (χ4n) is 2.19. The first-order chi connectivity index (χ1) is 12.1. The number of rotatable bonds is 7. The van der Waals surface area contributed by atoms with Gasteiger partial charge in [-0.1, -0.05) is 11.8 Å². The molecule has 0 aliphatic carbocycles. The molecule has 130 valence electrons. The molecule has 9 heteroatoms. The second kappa shape index (κ2) is 7.58. The molecule has 0 atom stereocenters. The summed E-state index contributed by atoms with van der Waals surface area (Å²) in [5, 5.41) is 5.51. The number of amides is 2. The van der Waals surface area contributed by atoms with Crippen molar-refractivity contribution >= 4 is 50.9 Å². The summed E-state index contributed by atoms with van der Waals surface area (Å²) in [4.78, 5) is 30.9. The number of benzene rings is 1. The maximum Gasteiger partial charge on any atom is 0.251 e. The Hall–Kier alpha value is -2.52. The van der Waals surface area contributed by atoms with E-state index >= 15 is 0 Å². The molecule has 4 N–H and O–H groups in total. The Labute approximate surface area is 152 Å². The van der Waals surface area contributed by atoms with Crippen LogP contribution in [0.2, 0.25) is 0 Å². The zero-order valence-electron chi connectivity index (χ0n) is 13.4. The molecule has 0 radical (unpaired) electrons. The highest BCUT2D eigenvalue weighted by atomic mass is 32.2. The third kappa shape index (κ3) is 4.12. The van der Waals surface area contributed by atoms with Gasteiger partial charge in [0.2, 0.25) is 5.91 Å². The van der Waals surface area contributed by atoms with Crippen molar-refractivity contribution in [2.75, 3.05) is 17.7 Å². The lowest BCUT2D eigenvalue weighted by atomic mass is 10.3. The number of carbonyl (C=O) groups is 2. The van der Waals surface area contributed by atoms with Crippen LogP contribution < -0.4 is 15.8 Å². The number of anilines is 1. The standard InChI is InChI=1S/C16H16N4O3S2/c1-2-23-9-3-4-11-12(7-9)19-16(18-11)25-8-13(21)20-15-10(14(17)22)5-6-24-15/h3-7H,2,8H2,1H3,(H2,17,22)(H,18,19)(H,20,21). The van der Waals surface area contributed by atoms with Gasteiger partial charge in [-0.25, -0.2) is 4.98 Å². The Bertz CT molecular complexity index is 919. The fourth-order valence-corrected chi connectivity index (χ4v) is 3.68. The van der Waals surface area contributed by atoms with Crippen molar-refractivity contribution in [1.29, 1.82) is 0 Å². The molecule has 0 spiro atoms. The Morgan fingerprint density at radius 3 is 3.00 bits per heavy atom. The van der Waals surface area contributed by atoms with E-state index in [0.29, 0.717) is 22.3 Å². The number of ether oxygens (including phenoxy) is 1. The van der Waals surface area contributed by atoms with E-state index in [9.17, 15) is 9.59 Å². The molecule has 0 fully saturated rings. The number of thiophene rings is 1. The van der Waals surface area contributed by atoms with Gasteiger partial charge in [-0.2, -0.15) is 0 Å². The molecule has 0 aliphatic rings. The van der Waals surface area contributed by atoms with Gasteiger partial charge in [0.1, 0.15) is 10.8 Å². The second-order valence-electron chi connectivity index (χ2n) is 5.02. The maximum absolute atomic E-state index is 12.1. The van der Waals surface area contributed by atoms with Crippen LogP contribution >= 0.6 is 23.1 Å². The molecule has 0 saturated heterocycles. The maximum atomic E-state index is 12.1. The minimum Gasteiger partial charge on any atom is -0.494 e. The van der Waals surface area contributed by atoms with Crippen LogP contribution in [0.4, 0.5) is 5.00 Å². The molecular weight excluding hydrogens is 360 g/mol. The van der Waals surface area contributed by atoms with Crippen molar-refractivity contribution < 1.29 is 14.3 Å². The Balaban J connectivity index is 1.62. The molecule has 2 amide bonds. The zero-order valence-corrected chi connectivity index (χ0v) is 15.0. The lowest BCUT2D eigenvalue weighted by Gasteiger charge is -2.03. The summed E-state index contributed by atoms with van der Waals surface area (Å²) in [6.07, 6.45) is 0. The molecule has 2 heterocycles. The lowest BCUT2D eigenvalue weighted by molar-refractivity contribution is -0.113. The summed E-state index contributed by atoms with van der Waals surface area (Å²) in [6.45, 7) is 2.52. The molecule has 0 aliphatic heterocycles. The number of nitrogens with two attached hydrogens (primary N) is 1. The van der Waals surface area contributed by atoms with Crippen LogP contribution in [0.1, 0.15) is 17.3 Å². The number of aromatic amines is 1. The minimum absolute atomic E-state index is 0.161. The van der Waals surface area contributed by atoms with Gasteiger partial charge in [-0.3, -0.25) is 9.59 Å². The summed E-state index contributed by atoms with van der Waals surface area (Å²) in [5.74, 6) is 0.135. The average molecular weight is 376 g/mol. The van der Waals surface area contributed by atoms with E-state index in [4.69, 9.17) is 10.5 Å². The Kier molecular flexibility index (Phi) is 5.25. The van der Waals surface area contributed by atoms with Crippen molar-refractivity contribution in [2.45, 2.75) is 12.1 Å². The number of nitrogens with zero attached hydrogens (tertiary/aromatic N) is 1. The molecule has 3 aromatic rings. The predicted octanol–water partition coefficient (Wildman–Crippen LogP) is 2.85. The molecule has 7 nitrogen and oxygen atoms in total. The van der Waals surface area contributed by atoms with Gasteiger partial charge < -0.3 is 20.8 Å². The Morgan fingerprint density at radius 1 is 1.40 bits per heavy atom. The average Bonchev–Trinajstić information content (AvgIpc) is 3.19. The molecule has 1 aromatic carbocycles. The number of fused-ring (bicyclic) bond motifs is 1. The number of carbonyl (C=O) groups excluding carboxylic acids is 2. The van der Waals surface area contributed by atoms with Gasteiger partial charge in [0.25, 0.3) is 5.91 Å². The SMILES string of the molecule is CCOc1ccc2nc(SCC(=O)Nc3sccc3C(N)=O)[nH]c2c1. The first-order valence-corrected chi connectivity index (χ1v) is 9.36. The number of primary amides is 1. The van der Waals surface area contributed by atoms with Crippen LogP contribution in [-0.2, 0) is 4.79 Å². The van der Waals surface area contributed by atoms with Gasteiger partial charge in [0.15, 0.2) is 5.16 Å². The second-order valence-corrected chi connectivity index (χ2v) is 6.90. The first-order valence-electron chi connectivity index (χ1n) is 7.49. The van der Waals surface area contributed by atoms with Crippen LogP contribution in [-0.4, -0.2) is 34.1 Å². The summed E-state index contributed by atoms with van der Waals surface area (Å²) in [7, 11) is 0. The van der Waals surface area contributed by atoms with E-state index in [1.165, 1.54) is 23.1 Å². The number of H-pyrrole nitrogens is 1. The van der Waals surface area contributed by atoms with Crippen molar-refractivity contribution in [3.8, 4) is 5.75 Å². The van der Waals surface area contributed by atoms with Crippen LogP contribution in [0, 0.1) is 0 Å². The number of thioether (sulfide) groups is 1. The van der Waals surface area contributed by atoms with E-state index in [-0.39, 0.29) is 11.7 Å². The topological polar surface area (TPSA) is 110 Å². The van der Waals surface area contributed by atoms with Gasteiger partial charge >= 0.3 is 0 Å². The zero-order chi connectivity index (χ0) is 17.8.